The highest BCUT2D eigenvalue weighted by Gasteiger charge is 2.27. The summed E-state index contributed by atoms with van der Waals surface area (Å²) >= 11 is 0. The van der Waals surface area contributed by atoms with E-state index in [1.807, 2.05) is 27.7 Å². The van der Waals surface area contributed by atoms with Crippen molar-refractivity contribution in [2.24, 2.45) is 17.8 Å². The van der Waals surface area contributed by atoms with E-state index in [1.165, 1.54) is 25.7 Å². The van der Waals surface area contributed by atoms with E-state index in [9.17, 15) is 14.7 Å². The number of rotatable bonds is 5. The number of aliphatic hydroxyl groups is 1. The van der Waals surface area contributed by atoms with Crippen molar-refractivity contribution in [3.8, 4) is 0 Å². The first-order valence-corrected chi connectivity index (χ1v) is 9.97. The summed E-state index contributed by atoms with van der Waals surface area (Å²) in [6, 6.07) is -0.155. The minimum absolute atomic E-state index is 0.0100. The summed E-state index contributed by atoms with van der Waals surface area (Å²) in [5.74, 6) is 0.101. The zero-order chi connectivity index (χ0) is 19.7. The first-order chi connectivity index (χ1) is 12.1. The van der Waals surface area contributed by atoms with Crippen molar-refractivity contribution in [1.29, 1.82) is 0 Å². The topological polar surface area (TPSA) is 95.9 Å². The average Bonchev–Trinajstić information content (AvgIpc) is 3.23. The number of carboxylic acid groups (broad SMARTS) is 1. The van der Waals surface area contributed by atoms with Crippen molar-refractivity contribution >= 4 is 12.1 Å². The van der Waals surface area contributed by atoms with Crippen LogP contribution >= 0.6 is 0 Å². The molecule has 0 aromatic carbocycles. The standard InChI is InChI=1S/C12H23NO3.C8H14O2/c1-12(2,3)16-11(15)13-10(8-14)9-6-4-5-7-9;1-6(8(9)10)7-4-2-3-5-7/h9-10,14H,4-8H2,1-3H3,(H,13,15);6-7H,2-5H2,1H3,(H,9,10)/t10-;6-/m10/s1. The number of amides is 1. The number of hydrogen-bond donors (Lipinski definition) is 3. The van der Waals surface area contributed by atoms with Crippen LogP contribution in [0.2, 0.25) is 0 Å². The van der Waals surface area contributed by atoms with E-state index in [4.69, 9.17) is 9.84 Å². The first kappa shape index (κ1) is 22.7. The number of carbonyl (C=O) groups excluding carboxylic acids is 1. The molecule has 2 fully saturated rings. The third kappa shape index (κ3) is 8.39. The predicted octanol–water partition coefficient (Wildman–Crippen LogP) is 3.96. The molecule has 26 heavy (non-hydrogen) atoms. The number of nitrogens with one attached hydrogen (secondary N) is 1. The van der Waals surface area contributed by atoms with Gasteiger partial charge in [-0.25, -0.2) is 4.79 Å². The van der Waals surface area contributed by atoms with Crippen LogP contribution in [0.25, 0.3) is 0 Å². The minimum atomic E-state index is -0.632. The van der Waals surface area contributed by atoms with Gasteiger partial charge in [-0.2, -0.15) is 0 Å². The fourth-order valence-electron chi connectivity index (χ4n) is 3.79. The van der Waals surface area contributed by atoms with Gasteiger partial charge in [0.15, 0.2) is 0 Å². The monoisotopic (exact) mass is 371 g/mol. The first-order valence-electron chi connectivity index (χ1n) is 9.97. The van der Waals surface area contributed by atoms with Crippen LogP contribution in [-0.2, 0) is 9.53 Å². The van der Waals surface area contributed by atoms with Crippen LogP contribution < -0.4 is 5.32 Å². The molecule has 2 saturated carbocycles. The van der Waals surface area contributed by atoms with Gasteiger partial charge in [-0.05, 0) is 58.3 Å². The minimum Gasteiger partial charge on any atom is -0.481 e. The smallest absolute Gasteiger partial charge is 0.407 e. The van der Waals surface area contributed by atoms with E-state index in [-0.39, 0.29) is 18.6 Å². The third-order valence-corrected chi connectivity index (χ3v) is 5.36. The van der Waals surface area contributed by atoms with Crippen LogP contribution in [0.3, 0.4) is 0 Å². The van der Waals surface area contributed by atoms with Gasteiger partial charge in [0.05, 0.1) is 18.6 Å². The van der Waals surface area contributed by atoms with Crippen molar-refractivity contribution in [2.45, 2.75) is 90.7 Å². The summed E-state index contributed by atoms with van der Waals surface area (Å²) < 4.78 is 5.17. The Morgan fingerprint density at radius 1 is 1.04 bits per heavy atom. The molecule has 3 N–H and O–H groups in total. The van der Waals surface area contributed by atoms with Crippen molar-refractivity contribution in [3.05, 3.63) is 0 Å². The molecule has 0 spiro atoms. The van der Waals surface area contributed by atoms with Gasteiger partial charge in [0, 0.05) is 0 Å². The Bertz CT molecular complexity index is 434. The Morgan fingerprint density at radius 2 is 1.50 bits per heavy atom. The van der Waals surface area contributed by atoms with Gasteiger partial charge in [-0.1, -0.05) is 32.6 Å². The van der Waals surface area contributed by atoms with E-state index in [0.29, 0.717) is 11.8 Å². The van der Waals surface area contributed by atoms with Gasteiger partial charge in [-0.3, -0.25) is 4.79 Å². The lowest BCUT2D eigenvalue weighted by atomic mass is 9.93. The number of ether oxygens (including phenoxy) is 1. The molecule has 0 bridgehead atoms. The third-order valence-electron chi connectivity index (χ3n) is 5.36. The fourth-order valence-corrected chi connectivity index (χ4v) is 3.79. The summed E-state index contributed by atoms with van der Waals surface area (Å²) in [4.78, 5) is 22.0. The van der Waals surface area contributed by atoms with Crippen molar-refractivity contribution in [3.63, 3.8) is 0 Å². The van der Waals surface area contributed by atoms with Gasteiger partial charge in [0.25, 0.3) is 0 Å². The Labute approximate surface area is 157 Å². The molecule has 0 unspecified atom stereocenters. The zero-order valence-electron chi connectivity index (χ0n) is 16.8. The SMILES string of the molecule is CC(C)(C)OC(=O)N[C@H](CO)C1CCCC1.C[C@H](C(=O)O)C1CCCC1. The maximum absolute atomic E-state index is 11.5. The lowest BCUT2D eigenvalue weighted by Crippen LogP contribution is -2.44. The Balaban J connectivity index is 0.000000289. The van der Waals surface area contributed by atoms with E-state index in [2.05, 4.69) is 5.32 Å². The Kier molecular flexibility index (Phi) is 9.41. The number of hydrogen-bond acceptors (Lipinski definition) is 4. The summed E-state index contributed by atoms with van der Waals surface area (Å²) in [6.45, 7) is 7.30. The summed E-state index contributed by atoms with van der Waals surface area (Å²) in [5, 5.41) is 20.7. The molecule has 0 radical (unpaired) electrons. The second-order valence-corrected chi connectivity index (χ2v) is 8.65. The zero-order valence-corrected chi connectivity index (χ0v) is 16.8. The Hall–Kier alpha value is -1.30. The predicted molar refractivity (Wildman–Crippen MR) is 101 cm³/mol. The molecule has 2 aliphatic rings. The van der Waals surface area contributed by atoms with Gasteiger partial charge >= 0.3 is 12.1 Å². The molecule has 0 aromatic rings. The number of carbonyl (C=O) groups is 2. The largest absolute Gasteiger partial charge is 0.481 e. The average molecular weight is 372 g/mol. The quantitative estimate of drug-likeness (QED) is 0.680. The molecule has 1 amide bonds. The van der Waals surface area contributed by atoms with Crippen LogP contribution in [0.15, 0.2) is 0 Å². The number of aliphatic carboxylic acids is 1. The van der Waals surface area contributed by atoms with E-state index >= 15 is 0 Å². The van der Waals surface area contributed by atoms with Gasteiger partial charge in [0.1, 0.15) is 5.60 Å². The second-order valence-electron chi connectivity index (χ2n) is 8.65. The van der Waals surface area contributed by atoms with Crippen LogP contribution in [0.4, 0.5) is 4.79 Å². The molecule has 6 heteroatoms. The summed E-state index contributed by atoms with van der Waals surface area (Å²) in [6.07, 6.45) is 8.81. The molecule has 0 saturated heterocycles. The molecular weight excluding hydrogens is 334 g/mol. The maximum Gasteiger partial charge on any atom is 0.407 e. The highest BCUT2D eigenvalue weighted by atomic mass is 16.6. The van der Waals surface area contributed by atoms with Gasteiger partial charge in [-0.15, -0.1) is 0 Å². The molecule has 6 nitrogen and oxygen atoms in total. The van der Waals surface area contributed by atoms with Crippen molar-refractivity contribution < 1.29 is 24.5 Å². The summed E-state index contributed by atoms with van der Waals surface area (Å²) in [7, 11) is 0. The maximum atomic E-state index is 11.5. The van der Waals surface area contributed by atoms with Crippen LogP contribution in [0.1, 0.15) is 79.1 Å². The highest BCUT2D eigenvalue weighted by Crippen LogP contribution is 2.31. The van der Waals surface area contributed by atoms with Gasteiger partial charge in [0.2, 0.25) is 0 Å². The Morgan fingerprint density at radius 3 is 1.88 bits per heavy atom. The van der Waals surface area contributed by atoms with Crippen LogP contribution in [0, 0.1) is 17.8 Å². The molecular formula is C20H37NO5. The number of aliphatic hydroxyl groups excluding tert-OH is 1. The molecule has 0 aromatic heterocycles. The van der Waals surface area contributed by atoms with E-state index in [0.717, 1.165) is 25.7 Å². The molecule has 152 valence electrons. The van der Waals surface area contributed by atoms with Crippen LogP contribution in [0.5, 0.6) is 0 Å². The molecule has 0 heterocycles. The summed E-state index contributed by atoms with van der Waals surface area (Å²) in [5.41, 5.74) is -0.486. The second kappa shape index (κ2) is 10.8. The number of carboxylic acids is 1. The molecule has 2 atom stereocenters. The van der Waals surface area contributed by atoms with Crippen LogP contribution in [-0.4, -0.2) is 40.5 Å². The normalized spacial score (nSPS) is 20.8. The van der Waals surface area contributed by atoms with Crippen molar-refractivity contribution in [2.75, 3.05) is 6.61 Å². The number of alkyl carbamates (subject to hydrolysis) is 1. The molecule has 2 aliphatic carbocycles. The molecule has 0 aliphatic heterocycles. The van der Waals surface area contributed by atoms with E-state index < -0.39 is 17.7 Å². The van der Waals surface area contributed by atoms with Crippen molar-refractivity contribution in [1.82, 2.24) is 5.32 Å². The van der Waals surface area contributed by atoms with Gasteiger partial charge < -0.3 is 20.3 Å². The fraction of sp³-hybridized carbons (Fsp3) is 0.900. The lowest BCUT2D eigenvalue weighted by molar-refractivity contribution is -0.142. The highest BCUT2D eigenvalue weighted by molar-refractivity contribution is 5.69. The lowest BCUT2D eigenvalue weighted by Gasteiger charge is -2.25. The molecule has 2 rings (SSSR count). The van der Waals surface area contributed by atoms with E-state index in [1.54, 1.807) is 0 Å².